The average molecular weight is 281 g/mol. The van der Waals surface area contributed by atoms with Gasteiger partial charge in [0, 0.05) is 44.3 Å². The number of hydrogen-bond donors (Lipinski definition) is 1. The molecule has 118 valence electrons. The molecular weight excluding hydrogens is 246 g/mol. The first-order chi connectivity index (χ1) is 9.48. The van der Waals surface area contributed by atoms with E-state index in [0.29, 0.717) is 11.6 Å². The fourth-order valence-electron chi connectivity index (χ4n) is 4.27. The molecule has 1 saturated carbocycles. The Morgan fingerprint density at radius 2 is 1.75 bits per heavy atom. The van der Waals surface area contributed by atoms with Crippen molar-refractivity contribution in [3.63, 3.8) is 0 Å². The Hall–Kier alpha value is -0.120. The maximum Gasteiger partial charge on any atom is 0.0335 e. The molecule has 0 radical (unpaired) electrons. The molecule has 3 heteroatoms. The summed E-state index contributed by atoms with van der Waals surface area (Å²) in [6.45, 7) is 15.1. The first kappa shape index (κ1) is 16.3. The highest BCUT2D eigenvalue weighted by molar-refractivity contribution is 4.98. The van der Waals surface area contributed by atoms with Crippen LogP contribution in [-0.4, -0.2) is 54.1 Å². The van der Waals surface area contributed by atoms with Crippen LogP contribution in [-0.2, 0) is 0 Å². The molecule has 2 rings (SSSR count). The summed E-state index contributed by atoms with van der Waals surface area (Å²) in [6, 6.07) is 0.681. The van der Waals surface area contributed by atoms with E-state index in [1.807, 2.05) is 0 Å². The van der Waals surface area contributed by atoms with Gasteiger partial charge in [-0.15, -0.1) is 0 Å². The van der Waals surface area contributed by atoms with Crippen LogP contribution in [0.15, 0.2) is 0 Å². The molecule has 2 unspecified atom stereocenters. The maximum absolute atomic E-state index is 6.27. The van der Waals surface area contributed by atoms with E-state index in [4.69, 9.17) is 5.73 Å². The Morgan fingerprint density at radius 1 is 1.10 bits per heavy atom. The predicted octanol–water partition coefficient (Wildman–Crippen LogP) is 2.56. The van der Waals surface area contributed by atoms with Gasteiger partial charge in [-0.2, -0.15) is 0 Å². The molecule has 0 aromatic rings. The molecule has 1 heterocycles. The topological polar surface area (TPSA) is 32.5 Å². The van der Waals surface area contributed by atoms with Crippen LogP contribution in [0, 0.1) is 11.8 Å². The van der Waals surface area contributed by atoms with Gasteiger partial charge < -0.3 is 5.73 Å². The van der Waals surface area contributed by atoms with Crippen LogP contribution in [0.25, 0.3) is 0 Å². The van der Waals surface area contributed by atoms with Crippen LogP contribution < -0.4 is 5.73 Å². The molecule has 2 atom stereocenters. The van der Waals surface area contributed by atoms with Gasteiger partial charge in [-0.25, -0.2) is 0 Å². The zero-order chi connectivity index (χ0) is 14.8. The van der Waals surface area contributed by atoms with Crippen LogP contribution >= 0.6 is 0 Å². The quantitative estimate of drug-likeness (QED) is 0.859. The highest BCUT2D eigenvalue weighted by atomic mass is 15.3. The zero-order valence-corrected chi connectivity index (χ0v) is 14.1. The van der Waals surface area contributed by atoms with Crippen LogP contribution in [0.3, 0.4) is 0 Å². The van der Waals surface area contributed by atoms with Crippen molar-refractivity contribution in [2.75, 3.05) is 32.7 Å². The monoisotopic (exact) mass is 281 g/mol. The first-order valence-electron chi connectivity index (χ1n) is 8.67. The van der Waals surface area contributed by atoms with Crippen molar-refractivity contribution in [3.05, 3.63) is 0 Å². The third-order valence-corrected chi connectivity index (χ3v) is 5.90. The van der Waals surface area contributed by atoms with E-state index >= 15 is 0 Å². The summed E-state index contributed by atoms with van der Waals surface area (Å²) in [4.78, 5) is 5.34. The average Bonchev–Trinajstić information content (AvgIpc) is 2.47. The predicted molar refractivity (Wildman–Crippen MR) is 86.9 cm³/mol. The van der Waals surface area contributed by atoms with Crippen molar-refractivity contribution in [3.8, 4) is 0 Å². The molecule has 2 aliphatic rings. The Morgan fingerprint density at radius 3 is 2.25 bits per heavy atom. The van der Waals surface area contributed by atoms with Crippen molar-refractivity contribution in [2.45, 2.75) is 65.0 Å². The second-order valence-corrected chi connectivity index (χ2v) is 7.65. The van der Waals surface area contributed by atoms with E-state index in [9.17, 15) is 0 Å². The molecule has 0 spiro atoms. The maximum atomic E-state index is 6.27. The second kappa shape index (κ2) is 6.76. The summed E-state index contributed by atoms with van der Waals surface area (Å²) in [5.41, 5.74) is 6.57. The summed E-state index contributed by atoms with van der Waals surface area (Å²) in [5, 5.41) is 0. The van der Waals surface area contributed by atoms with Crippen LogP contribution in [0.1, 0.15) is 53.4 Å². The highest BCUT2D eigenvalue weighted by Crippen LogP contribution is 2.39. The molecule has 1 aliphatic carbocycles. The fourth-order valence-corrected chi connectivity index (χ4v) is 4.27. The molecular formula is C17H35N3. The van der Waals surface area contributed by atoms with Crippen molar-refractivity contribution in [1.82, 2.24) is 9.80 Å². The molecule has 0 aromatic heterocycles. The zero-order valence-electron chi connectivity index (χ0n) is 14.1. The standard InChI is InChI=1S/C17H35N3/c1-14(2)16-6-5-7-17(12-16,13-18)20-10-8-19(9-11-20)15(3)4/h14-16H,5-13,18H2,1-4H3. The van der Waals surface area contributed by atoms with Gasteiger partial charge in [0.2, 0.25) is 0 Å². The Labute approximate surface area is 125 Å². The molecule has 20 heavy (non-hydrogen) atoms. The van der Waals surface area contributed by atoms with E-state index in [1.54, 1.807) is 0 Å². The number of piperazine rings is 1. The van der Waals surface area contributed by atoms with Crippen molar-refractivity contribution in [2.24, 2.45) is 17.6 Å². The number of hydrogen-bond acceptors (Lipinski definition) is 3. The van der Waals surface area contributed by atoms with Crippen LogP contribution in [0.4, 0.5) is 0 Å². The van der Waals surface area contributed by atoms with Gasteiger partial charge in [0.15, 0.2) is 0 Å². The van der Waals surface area contributed by atoms with Crippen LogP contribution in [0.5, 0.6) is 0 Å². The lowest BCUT2D eigenvalue weighted by Crippen LogP contribution is -2.62. The normalized spacial score (nSPS) is 34.0. The molecule has 2 fully saturated rings. The third-order valence-electron chi connectivity index (χ3n) is 5.90. The van der Waals surface area contributed by atoms with Gasteiger partial charge in [0.25, 0.3) is 0 Å². The van der Waals surface area contributed by atoms with Gasteiger partial charge in [-0.1, -0.05) is 26.7 Å². The van der Waals surface area contributed by atoms with Crippen molar-refractivity contribution >= 4 is 0 Å². The molecule has 1 aliphatic heterocycles. The number of rotatable bonds is 4. The summed E-state index contributed by atoms with van der Waals surface area (Å²) < 4.78 is 0. The van der Waals surface area contributed by atoms with Gasteiger partial charge >= 0.3 is 0 Å². The molecule has 0 bridgehead atoms. The fraction of sp³-hybridized carbons (Fsp3) is 1.00. The van der Waals surface area contributed by atoms with E-state index in [-0.39, 0.29) is 0 Å². The summed E-state index contributed by atoms with van der Waals surface area (Å²) in [5.74, 6) is 1.67. The lowest BCUT2D eigenvalue weighted by molar-refractivity contribution is -0.0136. The van der Waals surface area contributed by atoms with Gasteiger partial charge in [-0.05, 0) is 38.5 Å². The van der Waals surface area contributed by atoms with E-state index in [0.717, 1.165) is 18.4 Å². The minimum Gasteiger partial charge on any atom is -0.329 e. The SMILES string of the molecule is CC(C)C1CCCC(CN)(N2CCN(C(C)C)CC2)C1. The minimum absolute atomic E-state index is 0.302. The molecule has 0 amide bonds. The summed E-state index contributed by atoms with van der Waals surface area (Å²) >= 11 is 0. The van der Waals surface area contributed by atoms with E-state index in [2.05, 4.69) is 37.5 Å². The molecule has 0 aromatic carbocycles. The number of nitrogens with zero attached hydrogens (tertiary/aromatic N) is 2. The Bertz CT molecular complexity index is 295. The van der Waals surface area contributed by atoms with Crippen molar-refractivity contribution in [1.29, 1.82) is 0 Å². The smallest absolute Gasteiger partial charge is 0.0335 e. The molecule has 2 N–H and O–H groups in total. The van der Waals surface area contributed by atoms with E-state index in [1.165, 1.54) is 51.9 Å². The Balaban J connectivity index is 2.00. The van der Waals surface area contributed by atoms with Crippen LogP contribution in [0.2, 0.25) is 0 Å². The summed E-state index contributed by atoms with van der Waals surface area (Å²) in [6.07, 6.45) is 5.41. The minimum atomic E-state index is 0.302. The van der Waals surface area contributed by atoms with Gasteiger partial charge in [0.1, 0.15) is 0 Å². The van der Waals surface area contributed by atoms with Gasteiger partial charge in [0.05, 0.1) is 0 Å². The lowest BCUT2D eigenvalue weighted by Gasteiger charge is -2.52. The third kappa shape index (κ3) is 3.37. The number of nitrogens with two attached hydrogens (primary N) is 1. The highest BCUT2D eigenvalue weighted by Gasteiger charge is 2.41. The first-order valence-corrected chi connectivity index (χ1v) is 8.67. The molecule has 1 saturated heterocycles. The molecule has 3 nitrogen and oxygen atoms in total. The summed E-state index contributed by atoms with van der Waals surface area (Å²) in [7, 11) is 0. The van der Waals surface area contributed by atoms with Crippen molar-refractivity contribution < 1.29 is 0 Å². The second-order valence-electron chi connectivity index (χ2n) is 7.65. The van der Waals surface area contributed by atoms with E-state index < -0.39 is 0 Å². The van der Waals surface area contributed by atoms with Gasteiger partial charge in [-0.3, -0.25) is 9.80 Å². The Kier molecular flexibility index (Phi) is 5.49. The largest absolute Gasteiger partial charge is 0.329 e. The lowest BCUT2D eigenvalue weighted by atomic mass is 9.70.